The summed E-state index contributed by atoms with van der Waals surface area (Å²) in [5.41, 5.74) is 2.38. The number of amides is 1. The Morgan fingerprint density at radius 3 is 2.73 bits per heavy atom. The van der Waals surface area contributed by atoms with Gasteiger partial charge in [-0.05, 0) is 63.2 Å². The number of fused-ring (bicyclic) bond motifs is 1. The highest BCUT2D eigenvalue weighted by Gasteiger charge is 2.31. The summed E-state index contributed by atoms with van der Waals surface area (Å²) >= 11 is 0. The predicted molar refractivity (Wildman–Crippen MR) is 88.0 cm³/mol. The highest BCUT2D eigenvalue weighted by molar-refractivity contribution is 5.98. The molecule has 0 radical (unpaired) electrons. The summed E-state index contributed by atoms with van der Waals surface area (Å²) in [4.78, 5) is 17.2. The van der Waals surface area contributed by atoms with Crippen LogP contribution < -0.4 is 4.90 Å². The van der Waals surface area contributed by atoms with E-state index in [4.69, 9.17) is 0 Å². The van der Waals surface area contributed by atoms with Crippen LogP contribution in [0.1, 0.15) is 31.7 Å². The lowest BCUT2D eigenvalue weighted by Crippen LogP contribution is -2.51. The molecule has 4 heteroatoms. The zero-order valence-electron chi connectivity index (χ0n) is 13.4. The molecule has 1 amide bonds. The van der Waals surface area contributed by atoms with Gasteiger partial charge in [0.2, 0.25) is 5.91 Å². The van der Waals surface area contributed by atoms with Gasteiger partial charge in [0.05, 0.1) is 6.04 Å². The highest BCUT2D eigenvalue weighted by Crippen LogP contribution is 2.28. The quantitative estimate of drug-likeness (QED) is 0.929. The number of rotatable bonds is 3. The summed E-state index contributed by atoms with van der Waals surface area (Å²) < 4.78 is 0. The molecule has 2 aliphatic rings. The molecule has 0 saturated carbocycles. The Morgan fingerprint density at radius 1 is 1.27 bits per heavy atom. The smallest absolute Gasteiger partial charge is 0.244 e. The molecule has 1 saturated heterocycles. The Hall–Kier alpha value is -1.39. The van der Waals surface area contributed by atoms with E-state index in [1.807, 2.05) is 17.9 Å². The number of carbonyl (C=O) groups is 1. The van der Waals surface area contributed by atoms with Gasteiger partial charge in [-0.15, -0.1) is 0 Å². The average molecular weight is 302 g/mol. The van der Waals surface area contributed by atoms with Gasteiger partial charge in [0.15, 0.2) is 0 Å². The number of piperidine rings is 1. The van der Waals surface area contributed by atoms with Gasteiger partial charge in [-0.2, -0.15) is 0 Å². The third kappa shape index (κ3) is 3.03. The summed E-state index contributed by atoms with van der Waals surface area (Å²) in [7, 11) is 0. The molecule has 1 aromatic carbocycles. The van der Waals surface area contributed by atoms with E-state index in [2.05, 4.69) is 23.1 Å². The van der Waals surface area contributed by atoms with Gasteiger partial charge in [0, 0.05) is 18.8 Å². The van der Waals surface area contributed by atoms with Gasteiger partial charge in [-0.1, -0.05) is 18.2 Å². The maximum atomic E-state index is 12.9. The third-order valence-corrected chi connectivity index (χ3v) is 5.19. The topological polar surface area (TPSA) is 43.8 Å². The van der Waals surface area contributed by atoms with Crippen molar-refractivity contribution in [2.45, 2.75) is 38.6 Å². The molecular weight excluding hydrogens is 276 g/mol. The fraction of sp³-hybridized carbons (Fsp3) is 0.611. The van der Waals surface area contributed by atoms with Crippen LogP contribution in [-0.2, 0) is 11.2 Å². The number of aryl methyl sites for hydroxylation is 1. The van der Waals surface area contributed by atoms with E-state index in [9.17, 15) is 9.90 Å². The highest BCUT2D eigenvalue weighted by atomic mass is 16.3. The molecule has 1 unspecified atom stereocenters. The molecular formula is C18H26N2O2. The first-order valence-corrected chi connectivity index (χ1v) is 8.45. The van der Waals surface area contributed by atoms with E-state index >= 15 is 0 Å². The molecule has 1 aromatic rings. The minimum absolute atomic E-state index is 0.0780. The van der Waals surface area contributed by atoms with Crippen LogP contribution in [0, 0.1) is 5.92 Å². The van der Waals surface area contributed by atoms with Gasteiger partial charge in [0.25, 0.3) is 0 Å². The number of para-hydroxylation sites is 1. The number of benzene rings is 1. The van der Waals surface area contributed by atoms with Crippen LogP contribution in [0.15, 0.2) is 24.3 Å². The van der Waals surface area contributed by atoms with Crippen molar-refractivity contribution >= 4 is 11.6 Å². The van der Waals surface area contributed by atoms with Crippen molar-refractivity contribution in [2.75, 3.05) is 31.1 Å². The SMILES string of the molecule is CC(C(=O)N1CCCc2ccccc21)N1CCC(CO)CC1. The lowest BCUT2D eigenvalue weighted by Gasteiger charge is -2.38. The van der Waals surface area contributed by atoms with Crippen LogP contribution in [-0.4, -0.2) is 48.2 Å². The lowest BCUT2D eigenvalue weighted by molar-refractivity contribution is -0.124. The fourth-order valence-corrected chi connectivity index (χ4v) is 3.67. The van der Waals surface area contributed by atoms with E-state index in [0.717, 1.165) is 51.0 Å². The van der Waals surface area contributed by atoms with Gasteiger partial charge in [-0.25, -0.2) is 0 Å². The molecule has 2 heterocycles. The largest absolute Gasteiger partial charge is 0.396 e. The first kappa shape index (κ1) is 15.5. The number of nitrogens with zero attached hydrogens (tertiary/aromatic N) is 2. The van der Waals surface area contributed by atoms with Crippen LogP contribution in [0.25, 0.3) is 0 Å². The molecule has 1 atom stereocenters. The Labute approximate surface area is 132 Å². The van der Waals surface area contributed by atoms with Crippen molar-refractivity contribution in [3.63, 3.8) is 0 Å². The number of likely N-dealkylation sites (tertiary alicyclic amines) is 1. The van der Waals surface area contributed by atoms with Crippen LogP contribution in [0.4, 0.5) is 5.69 Å². The summed E-state index contributed by atoms with van der Waals surface area (Å²) in [5, 5.41) is 9.24. The Kier molecular flexibility index (Phi) is 4.79. The van der Waals surface area contributed by atoms with Crippen molar-refractivity contribution in [3.05, 3.63) is 29.8 Å². The number of aliphatic hydroxyl groups excluding tert-OH is 1. The van der Waals surface area contributed by atoms with E-state index in [1.54, 1.807) is 0 Å². The fourth-order valence-electron chi connectivity index (χ4n) is 3.67. The standard InChI is InChI=1S/C18H26N2O2/c1-14(19-11-8-15(13-21)9-12-19)18(22)20-10-4-6-16-5-2-3-7-17(16)20/h2-3,5,7,14-15,21H,4,6,8-13H2,1H3. The maximum Gasteiger partial charge on any atom is 0.244 e. The Balaban J connectivity index is 1.69. The maximum absolute atomic E-state index is 12.9. The van der Waals surface area contributed by atoms with Gasteiger partial charge >= 0.3 is 0 Å². The molecule has 22 heavy (non-hydrogen) atoms. The molecule has 0 spiro atoms. The average Bonchev–Trinajstić information content (AvgIpc) is 2.60. The molecule has 1 N–H and O–H groups in total. The molecule has 120 valence electrons. The zero-order valence-corrected chi connectivity index (χ0v) is 13.4. The molecule has 0 bridgehead atoms. The predicted octanol–water partition coefficient (Wildman–Crippen LogP) is 2.06. The number of carbonyl (C=O) groups excluding carboxylic acids is 1. The van der Waals surface area contributed by atoms with Crippen molar-refractivity contribution in [1.82, 2.24) is 4.90 Å². The second-order valence-corrected chi connectivity index (χ2v) is 6.56. The summed E-state index contributed by atoms with van der Waals surface area (Å²) in [6.45, 7) is 4.95. The van der Waals surface area contributed by atoms with Crippen molar-refractivity contribution < 1.29 is 9.90 Å². The van der Waals surface area contributed by atoms with Crippen LogP contribution >= 0.6 is 0 Å². The van der Waals surface area contributed by atoms with Crippen LogP contribution in [0.5, 0.6) is 0 Å². The molecule has 3 rings (SSSR count). The molecule has 0 aromatic heterocycles. The number of hydrogen-bond donors (Lipinski definition) is 1. The van der Waals surface area contributed by atoms with E-state index < -0.39 is 0 Å². The van der Waals surface area contributed by atoms with Crippen molar-refractivity contribution in [3.8, 4) is 0 Å². The number of aliphatic hydroxyl groups is 1. The normalized spacial score (nSPS) is 21.5. The molecule has 0 aliphatic carbocycles. The minimum Gasteiger partial charge on any atom is -0.396 e. The molecule has 4 nitrogen and oxygen atoms in total. The molecule has 2 aliphatic heterocycles. The minimum atomic E-state index is -0.0780. The molecule has 1 fully saturated rings. The van der Waals surface area contributed by atoms with E-state index in [-0.39, 0.29) is 18.6 Å². The van der Waals surface area contributed by atoms with E-state index in [1.165, 1.54) is 5.56 Å². The third-order valence-electron chi connectivity index (χ3n) is 5.19. The number of anilines is 1. The first-order valence-electron chi connectivity index (χ1n) is 8.45. The van der Waals surface area contributed by atoms with Gasteiger partial charge in [-0.3, -0.25) is 9.69 Å². The van der Waals surface area contributed by atoms with Crippen molar-refractivity contribution in [1.29, 1.82) is 0 Å². The second kappa shape index (κ2) is 6.80. The van der Waals surface area contributed by atoms with Gasteiger partial charge in [0.1, 0.15) is 0 Å². The Bertz CT molecular complexity index is 524. The summed E-state index contributed by atoms with van der Waals surface area (Å²) in [6, 6.07) is 8.19. The second-order valence-electron chi connectivity index (χ2n) is 6.56. The summed E-state index contributed by atoms with van der Waals surface area (Å²) in [5.74, 6) is 0.629. The van der Waals surface area contributed by atoms with E-state index in [0.29, 0.717) is 5.92 Å². The lowest BCUT2D eigenvalue weighted by atomic mass is 9.96. The summed E-state index contributed by atoms with van der Waals surface area (Å²) in [6.07, 6.45) is 4.09. The first-order chi connectivity index (χ1) is 10.7. The Morgan fingerprint density at radius 2 is 2.00 bits per heavy atom. The van der Waals surface area contributed by atoms with Crippen LogP contribution in [0.2, 0.25) is 0 Å². The van der Waals surface area contributed by atoms with Crippen LogP contribution in [0.3, 0.4) is 0 Å². The monoisotopic (exact) mass is 302 g/mol. The van der Waals surface area contributed by atoms with Gasteiger partial charge < -0.3 is 10.0 Å². The number of hydrogen-bond acceptors (Lipinski definition) is 3. The van der Waals surface area contributed by atoms with Crippen molar-refractivity contribution in [2.24, 2.45) is 5.92 Å². The zero-order chi connectivity index (χ0) is 15.5.